The van der Waals surface area contributed by atoms with Crippen molar-refractivity contribution in [1.29, 1.82) is 0 Å². The fourth-order valence-electron chi connectivity index (χ4n) is 3.06. The number of hydrogen-bond donors (Lipinski definition) is 0. The molecule has 4 heteroatoms. The molecule has 0 aromatic rings. The topological polar surface area (TPSA) is 52.6 Å². The van der Waals surface area contributed by atoms with E-state index in [9.17, 15) is 9.59 Å². The van der Waals surface area contributed by atoms with Gasteiger partial charge >= 0.3 is 11.9 Å². The van der Waals surface area contributed by atoms with Crippen LogP contribution in [0.4, 0.5) is 0 Å². The fourth-order valence-corrected chi connectivity index (χ4v) is 3.06. The van der Waals surface area contributed by atoms with Crippen molar-refractivity contribution in [2.75, 3.05) is 13.2 Å². The molecule has 1 fully saturated rings. The maximum Gasteiger partial charge on any atom is 0.310 e. The number of esters is 2. The van der Waals surface area contributed by atoms with E-state index in [-0.39, 0.29) is 29.7 Å². The Kier molecular flexibility index (Phi) is 6.89. The first-order valence-electron chi connectivity index (χ1n) is 7.48. The lowest BCUT2D eigenvalue weighted by Gasteiger charge is -2.27. The minimum absolute atomic E-state index is 0.227. The van der Waals surface area contributed by atoms with Crippen LogP contribution in [-0.2, 0) is 19.1 Å². The van der Waals surface area contributed by atoms with E-state index in [1.807, 2.05) is 6.92 Å². The largest absolute Gasteiger partial charge is 0.466 e. The maximum absolute atomic E-state index is 12.2. The Labute approximate surface area is 115 Å². The molecule has 0 radical (unpaired) electrons. The highest BCUT2D eigenvalue weighted by atomic mass is 16.5. The summed E-state index contributed by atoms with van der Waals surface area (Å²) in [5.41, 5.74) is 0. The van der Waals surface area contributed by atoms with Crippen molar-refractivity contribution in [3.8, 4) is 0 Å². The van der Waals surface area contributed by atoms with Gasteiger partial charge in [-0.2, -0.15) is 0 Å². The van der Waals surface area contributed by atoms with Crippen LogP contribution in [-0.4, -0.2) is 25.2 Å². The third-order valence-electron chi connectivity index (χ3n) is 3.93. The van der Waals surface area contributed by atoms with Crippen LogP contribution < -0.4 is 0 Å². The number of carbonyl (C=O) groups is 2. The highest BCUT2D eigenvalue weighted by Gasteiger charge is 2.41. The van der Waals surface area contributed by atoms with Crippen LogP contribution in [0.3, 0.4) is 0 Å². The highest BCUT2D eigenvalue weighted by molar-refractivity contribution is 5.82. The van der Waals surface area contributed by atoms with Crippen molar-refractivity contribution < 1.29 is 19.1 Å². The number of hydrogen-bond acceptors (Lipinski definition) is 4. The molecule has 4 nitrogen and oxygen atoms in total. The van der Waals surface area contributed by atoms with Gasteiger partial charge in [0, 0.05) is 0 Å². The van der Waals surface area contributed by atoms with Crippen LogP contribution in [0, 0.1) is 17.8 Å². The van der Waals surface area contributed by atoms with Gasteiger partial charge < -0.3 is 9.47 Å². The second-order valence-corrected chi connectivity index (χ2v) is 5.09. The van der Waals surface area contributed by atoms with E-state index in [0.29, 0.717) is 19.6 Å². The summed E-state index contributed by atoms with van der Waals surface area (Å²) < 4.78 is 10.3. The lowest BCUT2D eigenvalue weighted by Crippen LogP contribution is -2.36. The van der Waals surface area contributed by atoms with Crippen LogP contribution in [0.15, 0.2) is 0 Å². The molecule has 0 N–H and O–H groups in total. The van der Waals surface area contributed by atoms with Gasteiger partial charge in [0.25, 0.3) is 0 Å². The maximum atomic E-state index is 12.2. The molecule has 0 aromatic heterocycles. The Morgan fingerprint density at radius 1 is 1.00 bits per heavy atom. The average Bonchev–Trinajstić information content (AvgIpc) is 2.89. The standard InChI is InChI=1S/C15H26O4/c1-4-12(14(16)18-5-2)13(15(17)19-6-3)11-9-7-8-10-11/h11-13H,4-10H2,1-3H3. The SMILES string of the molecule is CCOC(=O)C(CC)C(C(=O)OCC)C1CCCC1. The van der Waals surface area contributed by atoms with Gasteiger partial charge in [0.2, 0.25) is 0 Å². The molecule has 1 rings (SSSR count). The van der Waals surface area contributed by atoms with E-state index in [4.69, 9.17) is 9.47 Å². The summed E-state index contributed by atoms with van der Waals surface area (Å²) in [5.74, 6) is -0.897. The third-order valence-corrected chi connectivity index (χ3v) is 3.93. The van der Waals surface area contributed by atoms with Crippen molar-refractivity contribution in [2.45, 2.75) is 52.9 Å². The summed E-state index contributed by atoms with van der Waals surface area (Å²) in [6.07, 6.45) is 4.93. The Morgan fingerprint density at radius 2 is 1.53 bits per heavy atom. The van der Waals surface area contributed by atoms with Gasteiger partial charge in [-0.1, -0.05) is 19.8 Å². The summed E-state index contributed by atoms with van der Waals surface area (Å²) in [4.78, 5) is 24.3. The zero-order valence-corrected chi connectivity index (χ0v) is 12.3. The highest BCUT2D eigenvalue weighted by Crippen LogP contribution is 2.37. The zero-order chi connectivity index (χ0) is 14.3. The van der Waals surface area contributed by atoms with E-state index >= 15 is 0 Å². The molecule has 0 saturated heterocycles. The van der Waals surface area contributed by atoms with Crippen LogP contribution in [0.5, 0.6) is 0 Å². The van der Waals surface area contributed by atoms with Gasteiger partial charge in [-0.25, -0.2) is 0 Å². The van der Waals surface area contributed by atoms with Crippen molar-refractivity contribution in [1.82, 2.24) is 0 Å². The molecule has 0 heterocycles. The normalized spacial score (nSPS) is 18.9. The van der Waals surface area contributed by atoms with Crippen LogP contribution in [0.1, 0.15) is 52.9 Å². The summed E-state index contributed by atoms with van der Waals surface area (Å²) >= 11 is 0. The Bertz CT molecular complexity index is 295. The molecule has 0 spiro atoms. The summed E-state index contributed by atoms with van der Waals surface area (Å²) in [7, 11) is 0. The van der Waals surface area contributed by atoms with Crippen molar-refractivity contribution in [2.24, 2.45) is 17.8 Å². The van der Waals surface area contributed by atoms with Crippen molar-refractivity contribution in [3.63, 3.8) is 0 Å². The van der Waals surface area contributed by atoms with E-state index in [2.05, 4.69) is 0 Å². The van der Waals surface area contributed by atoms with E-state index < -0.39 is 0 Å². The van der Waals surface area contributed by atoms with Gasteiger partial charge in [0.15, 0.2) is 0 Å². The Hall–Kier alpha value is -1.06. The molecule has 1 aliphatic carbocycles. The first-order valence-corrected chi connectivity index (χ1v) is 7.48. The summed E-state index contributed by atoms with van der Waals surface area (Å²) in [6.45, 7) is 6.24. The molecule has 110 valence electrons. The first-order chi connectivity index (χ1) is 9.15. The molecular weight excluding hydrogens is 244 g/mol. The molecule has 2 unspecified atom stereocenters. The molecule has 1 saturated carbocycles. The van der Waals surface area contributed by atoms with Crippen LogP contribution in [0.2, 0.25) is 0 Å². The summed E-state index contributed by atoms with van der Waals surface area (Å²) in [6, 6.07) is 0. The molecule has 0 aliphatic heterocycles. The second kappa shape index (κ2) is 8.18. The fraction of sp³-hybridized carbons (Fsp3) is 0.867. The lowest BCUT2D eigenvalue weighted by atomic mass is 9.79. The van der Waals surface area contributed by atoms with Crippen LogP contribution in [0.25, 0.3) is 0 Å². The van der Waals surface area contributed by atoms with Gasteiger partial charge in [-0.05, 0) is 39.0 Å². The molecule has 19 heavy (non-hydrogen) atoms. The number of carbonyl (C=O) groups excluding carboxylic acids is 2. The average molecular weight is 270 g/mol. The minimum Gasteiger partial charge on any atom is -0.466 e. The Morgan fingerprint density at radius 3 is 2.00 bits per heavy atom. The molecule has 0 aromatic carbocycles. The van der Waals surface area contributed by atoms with E-state index in [1.54, 1.807) is 13.8 Å². The van der Waals surface area contributed by atoms with Crippen molar-refractivity contribution >= 4 is 11.9 Å². The van der Waals surface area contributed by atoms with E-state index in [0.717, 1.165) is 25.7 Å². The Balaban J connectivity index is 2.85. The van der Waals surface area contributed by atoms with Gasteiger partial charge in [-0.15, -0.1) is 0 Å². The predicted octanol–water partition coefficient (Wildman–Crippen LogP) is 2.95. The lowest BCUT2D eigenvalue weighted by molar-refractivity contribution is -0.163. The van der Waals surface area contributed by atoms with Gasteiger partial charge in [0.05, 0.1) is 25.0 Å². The molecule has 0 amide bonds. The quantitative estimate of drug-likeness (QED) is 0.667. The molecule has 1 aliphatic rings. The van der Waals surface area contributed by atoms with Gasteiger partial charge in [-0.3, -0.25) is 9.59 Å². The van der Waals surface area contributed by atoms with Crippen LogP contribution >= 0.6 is 0 Å². The van der Waals surface area contributed by atoms with Gasteiger partial charge in [0.1, 0.15) is 0 Å². The smallest absolute Gasteiger partial charge is 0.310 e. The summed E-state index contributed by atoms with van der Waals surface area (Å²) in [5, 5.41) is 0. The van der Waals surface area contributed by atoms with Crippen molar-refractivity contribution in [3.05, 3.63) is 0 Å². The number of ether oxygens (including phenoxy) is 2. The monoisotopic (exact) mass is 270 g/mol. The zero-order valence-electron chi connectivity index (χ0n) is 12.3. The molecule has 2 atom stereocenters. The number of rotatable bonds is 7. The first kappa shape index (κ1) is 16.0. The molecular formula is C15H26O4. The third kappa shape index (κ3) is 4.22. The minimum atomic E-state index is -0.359. The molecule has 0 bridgehead atoms. The van der Waals surface area contributed by atoms with E-state index in [1.165, 1.54) is 0 Å². The predicted molar refractivity (Wildman–Crippen MR) is 72.5 cm³/mol. The second-order valence-electron chi connectivity index (χ2n) is 5.09.